The lowest BCUT2D eigenvalue weighted by molar-refractivity contribution is -0.157. The number of anilines is 1. The summed E-state index contributed by atoms with van der Waals surface area (Å²) < 4.78 is 52.8. The largest absolute Gasteiger partial charge is 0.431 e. The molecular formula is C43H51B3N5O10P. The summed E-state index contributed by atoms with van der Waals surface area (Å²) in [6.45, 7) is 7.23. The molecule has 2 amide bonds. The first-order valence-corrected chi connectivity index (χ1v) is 23.0. The van der Waals surface area contributed by atoms with E-state index in [1.165, 1.54) is 0 Å². The molecule has 0 spiro atoms. The Hall–Kier alpha value is -4.64. The number of hydrogen-bond acceptors (Lipinski definition) is 11. The van der Waals surface area contributed by atoms with Crippen LogP contribution in [0.15, 0.2) is 109 Å². The molecule has 0 radical (unpaired) electrons. The first kappa shape index (κ1) is 42.7. The van der Waals surface area contributed by atoms with Crippen LogP contribution in [0.4, 0.5) is 10.6 Å². The van der Waals surface area contributed by atoms with Crippen LogP contribution in [-0.4, -0.2) is 119 Å². The Bertz CT molecular complexity index is 2370. The zero-order chi connectivity index (χ0) is 43.0. The van der Waals surface area contributed by atoms with Crippen molar-refractivity contribution in [3.8, 4) is 5.75 Å². The topological polar surface area (TPSA) is 164 Å². The van der Waals surface area contributed by atoms with Crippen molar-refractivity contribution in [2.75, 3.05) is 37.2 Å². The molecule has 4 aliphatic heterocycles. The first-order chi connectivity index (χ1) is 29.9. The van der Waals surface area contributed by atoms with Crippen molar-refractivity contribution in [2.24, 2.45) is 0 Å². The van der Waals surface area contributed by atoms with E-state index in [2.05, 4.69) is 24.3 Å². The fraction of sp³-hybridized carbons (Fsp3) is 0.395. The van der Waals surface area contributed by atoms with Gasteiger partial charge in [0.25, 0.3) is 0 Å². The SMILES string of the molecule is CB(O)n1nc(N(B2CO2)B2CO2)c2cc(CN3C(=O)N(CCCOCP(=O)(O)Oc4ccccc4)[C@H](Cc4ccccc4)[C@@H]4OC(C)(C)O[C@H]4[C@H]3Cc3ccccc3)ccc21. The van der Waals surface area contributed by atoms with Gasteiger partial charge in [0.2, 0.25) is 0 Å². The van der Waals surface area contributed by atoms with E-state index in [1.54, 1.807) is 41.7 Å². The van der Waals surface area contributed by atoms with Gasteiger partial charge in [-0.2, -0.15) is 5.10 Å². The van der Waals surface area contributed by atoms with Crippen LogP contribution >= 0.6 is 7.60 Å². The molecule has 1 unspecified atom stereocenters. The van der Waals surface area contributed by atoms with Crippen molar-refractivity contribution in [3.63, 3.8) is 0 Å². The molecular weight excluding hydrogens is 810 g/mol. The second-order valence-electron chi connectivity index (χ2n) is 16.9. The fourth-order valence-electron chi connectivity index (χ4n) is 8.82. The minimum atomic E-state index is -4.10. The summed E-state index contributed by atoms with van der Waals surface area (Å²) >= 11 is 0. The van der Waals surface area contributed by atoms with E-state index >= 15 is 4.79 Å². The number of benzene rings is 4. The molecule has 322 valence electrons. The molecule has 4 aliphatic rings. The van der Waals surface area contributed by atoms with E-state index in [1.807, 2.05) is 83.0 Å². The average Bonchev–Trinajstić information content (AvgIpc) is 4.20. The molecule has 2 N–H and O–H groups in total. The van der Waals surface area contributed by atoms with Crippen molar-refractivity contribution in [2.45, 2.75) is 76.6 Å². The number of urea groups is 1. The molecule has 5 heterocycles. The lowest BCUT2D eigenvalue weighted by Crippen LogP contribution is -2.52. The molecule has 0 aliphatic carbocycles. The smallest absolute Gasteiger partial charge is 0.431 e. The van der Waals surface area contributed by atoms with E-state index in [4.69, 9.17) is 33.1 Å². The Labute approximate surface area is 362 Å². The lowest BCUT2D eigenvalue weighted by Gasteiger charge is -2.37. The van der Waals surface area contributed by atoms with Gasteiger partial charge in [0.05, 0.1) is 30.6 Å². The highest BCUT2D eigenvalue weighted by molar-refractivity contribution is 7.53. The Morgan fingerprint density at radius 1 is 0.855 bits per heavy atom. The molecule has 15 nitrogen and oxygen atoms in total. The second kappa shape index (κ2) is 17.9. The van der Waals surface area contributed by atoms with Crippen molar-refractivity contribution in [1.82, 2.24) is 19.5 Å². The van der Waals surface area contributed by atoms with Crippen molar-refractivity contribution in [1.29, 1.82) is 0 Å². The number of amides is 2. The van der Waals surface area contributed by atoms with Gasteiger partial charge in [-0.05, 0) is 80.9 Å². The average molecular weight is 861 g/mol. The Balaban J connectivity index is 1.07. The number of para-hydroxylation sites is 1. The fourth-order valence-corrected chi connectivity index (χ4v) is 9.69. The molecule has 0 saturated carbocycles. The van der Waals surface area contributed by atoms with Crippen LogP contribution in [0.1, 0.15) is 37.0 Å². The molecule has 4 fully saturated rings. The van der Waals surface area contributed by atoms with E-state index in [9.17, 15) is 14.5 Å². The van der Waals surface area contributed by atoms with Gasteiger partial charge in [0.15, 0.2) is 12.1 Å². The monoisotopic (exact) mass is 861 g/mol. The number of nitrogens with zero attached hydrogens (tertiary/aromatic N) is 5. The zero-order valence-electron chi connectivity index (χ0n) is 35.1. The van der Waals surface area contributed by atoms with Gasteiger partial charge >= 0.3 is 34.8 Å². The van der Waals surface area contributed by atoms with Crippen molar-refractivity contribution in [3.05, 3.63) is 126 Å². The van der Waals surface area contributed by atoms with Gasteiger partial charge < -0.3 is 52.5 Å². The summed E-state index contributed by atoms with van der Waals surface area (Å²) in [5.41, 5.74) is 3.70. The van der Waals surface area contributed by atoms with Crippen LogP contribution in [0, 0.1) is 0 Å². The quantitative estimate of drug-likeness (QED) is 0.0492. The van der Waals surface area contributed by atoms with Crippen molar-refractivity contribution < 1.29 is 47.3 Å². The van der Waals surface area contributed by atoms with E-state index in [-0.39, 0.29) is 45.6 Å². The van der Waals surface area contributed by atoms with Crippen LogP contribution < -0.4 is 9.25 Å². The first-order valence-electron chi connectivity index (χ1n) is 21.3. The van der Waals surface area contributed by atoms with Gasteiger partial charge in [-0.15, -0.1) is 0 Å². The molecule has 5 aromatic rings. The predicted octanol–water partition coefficient (Wildman–Crippen LogP) is 5.53. The Kier molecular flexibility index (Phi) is 12.3. The summed E-state index contributed by atoms with van der Waals surface area (Å²) in [6, 6.07) is 33.5. The number of hydrogen-bond donors (Lipinski definition) is 2. The Morgan fingerprint density at radius 2 is 1.42 bits per heavy atom. The molecule has 0 bridgehead atoms. The maximum absolute atomic E-state index is 15.6. The molecule has 19 heteroatoms. The predicted molar refractivity (Wildman–Crippen MR) is 237 cm³/mol. The van der Waals surface area contributed by atoms with Crippen LogP contribution in [0.2, 0.25) is 6.82 Å². The third-order valence-electron chi connectivity index (χ3n) is 11.7. The molecule has 4 aromatic carbocycles. The molecule has 5 atom stereocenters. The second-order valence-corrected chi connectivity index (χ2v) is 18.6. The molecule has 9 rings (SSSR count). The number of carbonyl (C=O) groups excluding carboxylic acids is 1. The molecule has 4 saturated heterocycles. The third-order valence-corrected chi connectivity index (χ3v) is 12.7. The number of aromatic nitrogens is 2. The highest BCUT2D eigenvalue weighted by atomic mass is 31.2. The van der Waals surface area contributed by atoms with Crippen molar-refractivity contribution >= 4 is 51.5 Å². The summed E-state index contributed by atoms with van der Waals surface area (Å²) in [5.74, 6) is -0.0131. The number of carbonyl (C=O) groups is 1. The van der Waals surface area contributed by atoms with Crippen LogP contribution in [0.3, 0.4) is 0 Å². The highest BCUT2D eigenvalue weighted by Gasteiger charge is 2.56. The van der Waals surface area contributed by atoms with Gasteiger partial charge in [-0.1, -0.05) is 84.9 Å². The van der Waals surface area contributed by atoms with Gasteiger partial charge in [0.1, 0.15) is 23.8 Å². The standard InChI is InChI=1S/C43H51B3N5O10P/c1-43(2)59-39-37(25-31-14-7-4-8-15-31)48(22-13-23-56-30-62(54,55)61-34-18-11-6-12-19-34)42(52)49(38(40(39)60-43)26-32-16-9-5-10-17-32)27-33-20-21-36-35(24-33)41(47-51(36)44(3)53)50(45-28-57-45)46-29-58-46/h4-12,14-21,24,37-40,53H,13,22-23,25-30H2,1-3H3,(H,54,55)/t37-,38-,39+,40+/m1/s1. The normalized spacial score (nSPS) is 22.6. The molecule has 1 aromatic heterocycles. The third kappa shape index (κ3) is 9.63. The van der Waals surface area contributed by atoms with Gasteiger partial charge in [0, 0.05) is 25.1 Å². The molecule has 62 heavy (non-hydrogen) atoms. The summed E-state index contributed by atoms with van der Waals surface area (Å²) in [7, 11) is -5.34. The van der Waals surface area contributed by atoms with Crippen LogP contribution in [-0.2, 0) is 47.5 Å². The number of ether oxygens (including phenoxy) is 3. The maximum atomic E-state index is 15.6. The van der Waals surface area contributed by atoms with E-state index in [0.717, 1.165) is 27.6 Å². The highest BCUT2D eigenvalue weighted by Crippen LogP contribution is 2.43. The zero-order valence-corrected chi connectivity index (χ0v) is 36.0. The Morgan fingerprint density at radius 3 is 1.98 bits per heavy atom. The number of rotatable bonds is 18. The van der Waals surface area contributed by atoms with Gasteiger partial charge in [-0.25, -0.2) is 9.36 Å². The summed E-state index contributed by atoms with van der Waals surface area (Å²) in [5, 5.41) is 16.5. The summed E-state index contributed by atoms with van der Waals surface area (Å²) in [4.78, 5) is 30.0. The van der Waals surface area contributed by atoms with E-state index in [0.29, 0.717) is 38.1 Å². The van der Waals surface area contributed by atoms with Crippen LogP contribution in [0.25, 0.3) is 10.9 Å². The minimum Gasteiger partial charge on any atom is -0.431 e. The lowest BCUT2D eigenvalue weighted by atomic mass is 9.76. The van der Waals surface area contributed by atoms with Gasteiger partial charge in [-0.3, -0.25) is 4.59 Å². The minimum absolute atomic E-state index is 0.105. The van der Waals surface area contributed by atoms with Crippen LogP contribution in [0.5, 0.6) is 5.75 Å². The summed E-state index contributed by atoms with van der Waals surface area (Å²) in [6.07, 6.45) is -0.127. The number of fused-ring (bicyclic) bond motifs is 2. The van der Waals surface area contributed by atoms with E-state index < -0.39 is 51.1 Å². The maximum Gasteiger partial charge on any atom is 0.431 e.